The minimum absolute atomic E-state index is 0.169. The first kappa shape index (κ1) is 16.7. The molecule has 23 heavy (non-hydrogen) atoms. The third-order valence-corrected chi connectivity index (χ3v) is 5.48. The van der Waals surface area contributed by atoms with Crippen LogP contribution in [0.4, 0.5) is 0 Å². The number of hydrogen-bond acceptors (Lipinski definition) is 3. The standard InChI is InChI=1S/C18H25ClN2O2/c1-23-12-7-17(22)20-11-9-18(14-20)8-2-10-21(18)13-15-3-5-16(19)6-4-15/h3-6H,2,7-14H2,1H3. The highest BCUT2D eigenvalue weighted by molar-refractivity contribution is 6.30. The Balaban J connectivity index is 1.64. The van der Waals surface area contributed by atoms with Crippen molar-refractivity contribution in [3.8, 4) is 0 Å². The number of rotatable bonds is 5. The van der Waals surface area contributed by atoms with E-state index in [9.17, 15) is 4.79 Å². The van der Waals surface area contributed by atoms with Gasteiger partial charge in [-0.25, -0.2) is 0 Å². The van der Waals surface area contributed by atoms with Crippen molar-refractivity contribution in [2.75, 3.05) is 33.4 Å². The van der Waals surface area contributed by atoms with Crippen molar-refractivity contribution in [1.29, 1.82) is 0 Å². The van der Waals surface area contributed by atoms with E-state index in [2.05, 4.69) is 17.0 Å². The number of nitrogens with zero attached hydrogens (tertiary/aromatic N) is 2. The molecule has 0 aliphatic carbocycles. The van der Waals surface area contributed by atoms with Crippen molar-refractivity contribution in [3.05, 3.63) is 34.9 Å². The first-order valence-corrected chi connectivity index (χ1v) is 8.77. The Morgan fingerprint density at radius 2 is 2.04 bits per heavy atom. The molecule has 4 nitrogen and oxygen atoms in total. The van der Waals surface area contributed by atoms with Gasteiger partial charge in [0.2, 0.25) is 5.91 Å². The highest BCUT2D eigenvalue weighted by Crippen LogP contribution is 2.38. The number of halogens is 1. The number of methoxy groups -OCH3 is 1. The second-order valence-corrected chi connectivity index (χ2v) is 7.12. The lowest BCUT2D eigenvalue weighted by atomic mass is 9.94. The van der Waals surface area contributed by atoms with Crippen LogP contribution in [0.5, 0.6) is 0 Å². The number of hydrogen-bond donors (Lipinski definition) is 0. The molecule has 0 saturated carbocycles. The first-order valence-electron chi connectivity index (χ1n) is 8.39. The smallest absolute Gasteiger partial charge is 0.224 e. The average Bonchev–Trinajstić information content (AvgIpc) is 3.15. The molecule has 1 aromatic rings. The summed E-state index contributed by atoms with van der Waals surface area (Å²) in [6.07, 6.45) is 3.98. The fourth-order valence-corrected chi connectivity index (χ4v) is 4.06. The molecule has 0 N–H and O–H groups in total. The molecule has 1 amide bonds. The molecule has 2 aliphatic heterocycles. The van der Waals surface area contributed by atoms with Gasteiger partial charge in [-0.2, -0.15) is 0 Å². The van der Waals surface area contributed by atoms with Crippen molar-refractivity contribution in [2.24, 2.45) is 0 Å². The molecule has 2 heterocycles. The fourth-order valence-electron chi connectivity index (χ4n) is 3.93. The van der Waals surface area contributed by atoms with E-state index < -0.39 is 0 Å². The molecular formula is C18H25ClN2O2. The van der Waals surface area contributed by atoms with E-state index >= 15 is 0 Å². The Labute approximate surface area is 143 Å². The summed E-state index contributed by atoms with van der Waals surface area (Å²) in [6.45, 7) is 4.31. The Morgan fingerprint density at radius 1 is 1.26 bits per heavy atom. The maximum Gasteiger partial charge on any atom is 0.224 e. The summed E-state index contributed by atoms with van der Waals surface area (Å²) < 4.78 is 5.03. The lowest BCUT2D eigenvalue weighted by molar-refractivity contribution is -0.131. The van der Waals surface area contributed by atoms with Crippen LogP contribution in [0.15, 0.2) is 24.3 Å². The summed E-state index contributed by atoms with van der Waals surface area (Å²) >= 11 is 5.98. The van der Waals surface area contributed by atoms with Gasteiger partial charge in [0.05, 0.1) is 13.0 Å². The molecule has 2 fully saturated rings. The maximum atomic E-state index is 12.3. The van der Waals surface area contributed by atoms with E-state index in [0.29, 0.717) is 13.0 Å². The van der Waals surface area contributed by atoms with Crippen LogP contribution in [-0.4, -0.2) is 54.6 Å². The zero-order valence-electron chi connectivity index (χ0n) is 13.8. The van der Waals surface area contributed by atoms with Gasteiger partial charge in [0.1, 0.15) is 0 Å². The average molecular weight is 337 g/mol. The Morgan fingerprint density at radius 3 is 2.78 bits per heavy atom. The number of likely N-dealkylation sites (tertiary alicyclic amines) is 2. The van der Waals surface area contributed by atoms with E-state index in [0.717, 1.165) is 37.6 Å². The minimum Gasteiger partial charge on any atom is -0.384 e. The van der Waals surface area contributed by atoms with Crippen LogP contribution in [0, 0.1) is 0 Å². The van der Waals surface area contributed by atoms with Crippen molar-refractivity contribution < 1.29 is 9.53 Å². The Hall–Kier alpha value is -1.10. The van der Waals surface area contributed by atoms with Gasteiger partial charge < -0.3 is 9.64 Å². The summed E-state index contributed by atoms with van der Waals surface area (Å²) in [6, 6.07) is 8.11. The molecule has 5 heteroatoms. The van der Waals surface area contributed by atoms with Crippen molar-refractivity contribution in [3.63, 3.8) is 0 Å². The summed E-state index contributed by atoms with van der Waals surface area (Å²) in [4.78, 5) is 16.9. The third-order valence-electron chi connectivity index (χ3n) is 5.23. The molecule has 3 rings (SSSR count). The zero-order valence-corrected chi connectivity index (χ0v) is 14.5. The minimum atomic E-state index is 0.169. The molecule has 2 aliphatic rings. The number of ether oxygens (including phenoxy) is 1. The molecular weight excluding hydrogens is 312 g/mol. The quantitative estimate of drug-likeness (QED) is 0.828. The van der Waals surface area contributed by atoms with Gasteiger partial charge in [-0.05, 0) is 43.5 Å². The first-order chi connectivity index (χ1) is 11.1. The number of carbonyl (C=O) groups excluding carboxylic acids is 1. The van der Waals surface area contributed by atoms with Gasteiger partial charge in [-0.3, -0.25) is 9.69 Å². The van der Waals surface area contributed by atoms with Crippen LogP contribution in [0.2, 0.25) is 5.02 Å². The normalized spacial score (nSPS) is 24.7. The SMILES string of the molecule is COCCC(=O)N1CCC2(CCCN2Cc2ccc(Cl)cc2)C1. The summed E-state index contributed by atoms with van der Waals surface area (Å²) in [5.41, 5.74) is 1.46. The van der Waals surface area contributed by atoms with E-state index in [4.69, 9.17) is 16.3 Å². The van der Waals surface area contributed by atoms with Gasteiger partial charge in [0.15, 0.2) is 0 Å². The van der Waals surface area contributed by atoms with Crippen LogP contribution in [0.25, 0.3) is 0 Å². The highest BCUT2D eigenvalue weighted by atomic mass is 35.5. The fraction of sp³-hybridized carbons (Fsp3) is 0.611. The van der Waals surface area contributed by atoms with E-state index in [1.54, 1.807) is 7.11 Å². The monoisotopic (exact) mass is 336 g/mol. The van der Waals surface area contributed by atoms with Crippen LogP contribution < -0.4 is 0 Å². The molecule has 2 saturated heterocycles. The lowest BCUT2D eigenvalue weighted by Crippen LogP contribution is -2.46. The Bertz CT molecular complexity index is 548. The van der Waals surface area contributed by atoms with Crippen molar-refractivity contribution in [2.45, 2.75) is 37.8 Å². The topological polar surface area (TPSA) is 32.8 Å². The van der Waals surface area contributed by atoms with Crippen molar-refractivity contribution >= 4 is 17.5 Å². The number of benzene rings is 1. The van der Waals surface area contributed by atoms with E-state index in [1.165, 1.54) is 18.4 Å². The van der Waals surface area contributed by atoms with Gasteiger partial charge in [0, 0.05) is 37.3 Å². The number of carbonyl (C=O) groups is 1. The zero-order chi connectivity index (χ0) is 16.3. The van der Waals surface area contributed by atoms with Gasteiger partial charge in [-0.1, -0.05) is 23.7 Å². The van der Waals surface area contributed by atoms with Gasteiger partial charge in [0.25, 0.3) is 0 Å². The molecule has 1 unspecified atom stereocenters. The van der Waals surface area contributed by atoms with Gasteiger partial charge in [-0.15, -0.1) is 0 Å². The predicted octanol–water partition coefficient (Wildman–Crippen LogP) is 2.94. The Kier molecular flexibility index (Phi) is 5.24. The van der Waals surface area contributed by atoms with Crippen LogP contribution in [-0.2, 0) is 16.1 Å². The summed E-state index contributed by atoms with van der Waals surface area (Å²) in [7, 11) is 1.64. The molecule has 1 aromatic carbocycles. The number of amides is 1. The van der Waals surface area contributed by atoms with E-state index in [1.807, 2.05) is 17.0 Å². The molecule has 0 aromatic heterocycles. The molecule has 0 bridgehead atoms. The summed E-state index contributed by atoms with van der Waals surface area (Å²) in [5.74, 6) is 0.224. The van der Waals surface area contributed by atoms with E-state index in [-0.39, 0.29) is 11.4 Å². The highest BCUT2D eigenvalue weighted by Gasteiger charge is 2.46. The molecule has 1 spiro atoms. The second kappa shape index (κ2) is 7.20. The van der Waals surface area contributed by atoms with Crippen LogP contribution >= 0.6 is 11.6 Å². The second-order valence-electron chi connectivity index (χ2n) is 6.68. The maximum absolute atomic E-state index is 12.3. The van der Waals surface area contributed by atoms with Gasteiger partial charge >= 0.3 is 0 Å². The lowest BCUT2D eigenvalue weighted by Gasteiger charge is -2.35. The summed E-state index contributed by atoms with van der Waals surface area (Å²) in [5, 5.41) is 0.778. The third kappa shape index (κ3) is 3.70. The molecule has 0 radical (unpaired) electrons. The molecule has 126 valence electrons. The van der Waals surface area contributed by atoms with Crippen molar-refractivity contribution in [1.82, 2.24) is 9.80 Å². The van der Waals surface area contributed by atoms with Crippen LogP contribution in [0.1, 0.15) is 31.2 Å². The largest absolute Gasteiger partial charge is 0.384 e. The predicted molar refractivity (Wildman–Crippen MR) is 91.5 cm³/mol. The van der Waals surface area contributed by atoms with Crippen LogP contribution in [0.3, 0.4) is 0 Å². The molecule has 1 atom stereocenters.